The van der Waals surface area contributed by atoms with Crippen molar-refractivity contribution in [3.05, 3.63) is 35.8 Å². The van der Waals surface area contributed by atoms with E-state index in [2.05, 4.69) is 10.2 Å². The Labute approximate surface area is 125 Å². The van der Waals surface area contributed by atoms with Crippen molar-refractivity contribution < 1.29 is 4.79 Å². The van der Waals surface area contributed by atoms with E-state index < -0.39 is 0 Å². The first-order valence-electron chi connectivity index (χ1n) is 7.61. The molecule has 5 nitrogen and oxygen atoms in total. The van der Waals surface area contributed by atoms with E-state index in [9.17, 15) is 4.79 Å². The van der Waals surface area contributed by atoms with E-state index >= 15 is 0 Å². The van der Waals surface area contributed by atoms with Crippen molar-refractivity contribution >= 4 is 11.7 Å². The lowest BCUT2D eigenvalue weighted by Gasteiger charge is -2.19. The minimum atomic E-state index is -0.0378. The number of nitrogens with zero attached hydrogens (tertiary/aromatic N) is 3. The van der Waals surface area contributed by atoms with Gasteiger partial charge in [0.2, 0.25) is 0 Å². The summed E-state index contributed by atoms with van der Waals surface area (Å²) < 4.78 is 1.83. The third-order valence-electron chi connectivity index (χ3n) is 4.44. The number of anilines is 1. The standard InChI is InChI=1S/C16H22N4O/c1-19-10-6-9-14(19)16(21)20(2)15-11-13(17-18-15)12-7-4-3-5-8-12/h6,9-12H,3-5,7-8H2,1-2H3,(H,17,18). The SMILES string of the molecule is CN(C(=O)c1cccn1C)c1cc(C2CCCCC2)[nH]n1. The van der Waals surface area contributed by atoms with Crippen LogP contribution in [0, 0.1) is 0 Å². The van der Waals surface area contributed by atoms with Crippen molar-refractivity contribution in [3.63, 3.8) is 0 Å². The molecule has 0 aromatic carbocycles. The number of hydrogen-bond donors (Lipinski definition) is 1. The second-order valence-corrected chi connectivity index (χ2v) is 5.88. The van der Waals surface area contributed by atoms with Gasteiger partial charge in [0.25, 0.3) is 5.91 Å². The van der Waals surface area contributed by atoms with Gasteiger partial charge < -0.3 is 4.57 Å². The van der Waals surface area contributed by atoms with Crippen LogP contribution < -0.4 is 4.90 Å². The molecule has 0 bridgehead atoms. The fourth-order valence-corrected chi connectivity index (χ4v) is 3.08. The number of rotatable bonds is 3. The zero-order valence-electron chi connectivity index (χ0n) is 12.7. The smallest absolute Gasteiger partial charge is 0.275 e. The molecule has 1 aliphatic carbocycles. The monoisotopic (exact) mass is 286 g/mol. The fraction of sp³-hybridized carbons (Fsp3) is 0.500. The molecule has 0 atom stereocenters. The van der Waals surface area contributed by atoms with E-state index in [1.807, 2.05) is 36.0 Å². The average Bonchev–Trinajstić information content (AvgIpc) is 3.15. The van der Waals surface area contributed by atoms with E-state index in [0.717, 1.165) is 5.69 Å². The number of aromatic nitrogens is 3. The number of aryl methyl sites for hydroxylation is 1. The number of H-pyrrole nitrogens is 1. The molecule has 2 aromatic heterocycles. The van der Waals surface area contributed by atoms with E-state index in [0.29, 0.717) is 17.4 Å². The number of aromatic amines is 1. The van der Waals surface area contributed by atoms with Gasteiger partial charge in [0.1, 0.15) is 5.69 Å². The Morgan fingerprint density at radius 1 is 1.38 bits per heavy atom. The van der Waals surface area contributed by atoms with Crippen LogP contribution in [0.3, 0.4) is 0 Å². The van der Waals surface area contributed by atoms with Crippen LogP contribution >= 0.6 is 0 Å². The highest BCUT2D eigenvalue weighted by Crippen LogP contribution is 2.32. The lowest BCUT2D eigenvalue weighted by Crippen LogP contribution is -2.28. The van der Waals surface area contributed by atoms with Crippen molar-refractivity contribution in [3.8, 4) is 0 Å². The van der Waals surface area contributed by atoms with Crippen LogP contribution in [0.1, 0.15) is 54.2 Å². The number of carbonyl (C=O) groups excluding carboxylic acids is 1. The zero-order chi connectivity index (χ0) is 14.8. The summed E-state index contributed by atoms with van der Waals surface area (Å²) in [6.45, 7) is 0. The largest absolute Gasteiger partial charge is 0.347 e. The van der Waals surface area contributed by atoms with Gasteiger partial charge in [0, 0.05) is 38.0 Å². The summed E-state index contributed by atoms with van der Waals surface area (Å²) in [5.41, 5.74) is 1.83. The third-order valence-corrected chi connectivity index (χ3v) is 4.44. The quantitative estimate of drug-likeness (QED) is 0.942. The maximum Gasteiger partial charge on any atom is 0.275 e. The highest BCUT2D eigenvalue weighted by molar-refractivity contribution is 6.04. The first-order valence-corrected chi connectivity index (χ1v) is 7.61. The predicted octanol–water partition coefficient (Wildman–Crippen LogP) is 3.07. The van der Waals surface area contributed by atoms with Crippen LogP contribution in [0.2, 0.25) is 0 Å². The minimum Gasteiger partial charge on any atom is -0.347 e. The number of hydrogen-bond acceptors (Lipinski definition) is 2. The summed E-state index contributed by atoms with van der Waals surface area (Å²) in [6, 6.07) is 5.73. The zero-order valence-corrected chi connectivity index (χ0v) is 12.7. The first-order chi connectivity index (χ1) is 10.2. The first kappa shape index (κ1) is 13.9. The molecule has 2 heterocycles. The topological polar surface area (TPSA) is 53.9 Å². The van der Waals surface area contributed by atoms with Crippen LogP contribution in [0.15, 0.2) is 24.4 Å². The van der Waals surface area contributed by atoms with Gasteiger partial charge >= 0.3 is 0 Å². The van der Waals surface area contributed by atoms with E-state index in [-0.39, 0.29) is 5.91 Å². The molecule has 21 heavy (non-hydrogen) atoms. The van der Waals surface area contributed by atoms with Crippen LogP contribution in [0.4, 0.5) is 5.82 Å². The third kappa shape index (κ3) is 2.73. The van der Waals surface area contributed by atoms with E-state index in [4.69, 9.17) is 0 Å². The molecule has 1 saturated carbocycles. The fourth-order valence-electron chi connectivity index (χ4n) is 3.08. The summed E-state index contributed by atoms with van der Waals surface area (Å²) in [6.07, 6.45) is 8.23. The molecule has 0 radical (unpaired) electrons. The molecule has 2 aromatic rings. The Morgan fingerprint density at radius 3 is 2.81 bits per heavy atom. The Balaban J connectivity index is 1.76. The van der Waals surface area contributed by atoms with Crippen molar-refractivity contribution in [2.75, 3.05) is 11.9 Å². The second-order valence-electron chi connectivity index (χ2n) is 5.88. The highest BCUT2D eigenvalue weighted by Gasteiger charge is 2.21. The van der Waals surface area contributed by atoms with Gasteiger partial charge in [0.05, 0.1) is 0 Å². The molecule has 1 fully saturated rings. The van der Waals surface area contributed by atoms with Gasteiger partial charge in [-0.1, -0.05) is 19.3 Å². The molecule has 1 aliphatic rings. The van der Waals surface area contributed by atoms with Crippen LogP contribution in [-0.2, 0) is 7.05 Å². The average molecular weight is 286 g/mol. The molecule has 1 N–H and O–H groups in total. The van der Waals surface area contributed by atoms with Gasteiger partial charge in [-0.2, -0.15) is 5.10 Å². The van der Waals surface area contributed by atoms with Crippen molar-refractivity contribution in [2.45, 2.75) is 38.0 Å². The summed E-state index contributed by atoms with van der Waals surface area (Å²) in [5.74, 6) is 1.23. The molecule has 5 heteroatoms. The summed E-state index contributed by atoms with van der Waals surface area (Å²) in [7, 11) is 3.65. The van der Waals surface area contributed by atoms with Crippen LogP contribution in [0.5, 0.6) is 0 Å². The Bertz CT molecular complexity index is 622. The molecular formula is C16H22N4O. The van der Waals surface area contributed by atoms with Crippen molar-refractivity contribution in [2.24, 2.45) is 7.05 Å². The summed E-state index contributed by atoms with van der Waals surface area (Å²) in [5, 5.41) is 7.44. The van der Waals surface area contributed by atoms with Gasteiger partial charge in [-0.3, -0.25) is 14.8 Å². The molecule has 3 rings (SSSR count). The van der Waals surface area contributed by atoms with Crippen molar-refractivity contribution in [1.29, 1.82) is 0 Å². The molecule has 1 amide bonds. The summed E-state index contributed by atoms with van der Waals surface area (Å²) in [4.78, 5) is 14.1. The number of nitrogens with one attached hydrogen (secondary N) is 1. The van der Waals surface area contributed by atoms with Crippen LogP contribution in [-0.4, -0.2) is 27.7 Å². The molecule has 0 aliphatic heterocycles. The highest BCUT2D eigenvalue weighted by atomic mass is 16.2. The lowest BCUT2D eigenvalue weighted by atomic mass is 9.87. The van der Waals surface area contributed by atoms with Gasteiger partial charge in [-0.05, 0) is 25.0 Å². The minimum absolute atomic E-state index is 0.0378. The summed E-state index contributed by atoms with van der Waals surface area (Å²) >= 11 is 0. The molecule has 0 unspecified atom stereocenters. The van der Waals surface area contributed by atoms with Gasteiger partial charge in [-0.15, -0.1) is 0 Å². The Hall–Kier alpha value is -2.04. The normalized spacial score (nSPS) is 16.1. The molecule has 0 saturated heterocycles. The van der Waals surface area contributed by atoms with Crippen molar-refractivity contribution in [1.82, 2.24) is 14.8 Å². The Kier molecular flexibility index (Phi) is 3.82. The molecular weight excluding hydrogens is 264 g/mol. The maximum atomic E-state index is 12.5. The lowest BCUT2D eigenvalue weighted by molar-refractivity contribution is 0.0984. The molecule has 0 spiro atoms. The number of amides is 1. The molecule has 112 valence electrons. The number of carbonyl (C=O) groups is 1. The second kappa shape index (κ2) is 5.76. The van der Waals surface area contributed by atoms with E-state index in [1.54, 1.807) is 11.9 Å². The van der Waals surface area contributed by atoms with Gasteiger partial charge in [0.15, 0.2) is 5.82 Å². The van der Waals surface area contributed by atoms with Gasteiger partial charge in [-0.25, -0.2) is 0 Å². The Morgan fingerprint density at radius 2 is 2.14 bits per heavy atom. The predicted molar refractivity (Wildman–Crippen MR) is 82.6 cm³/mol. The van der Waals surface area contributed by atoms with Crippen LogP contribution in [0.25, 0.3) is 0 Å². The van der Waals surface area contributed by atoms with E-state index in [1.165, 1.54) is 32.1 Å². The maximum absolute atomic E-state index is 12.5.